The number of carbonyl (C=O) groups is 12. The molecule has 0 aliphatic carbocycles. The number of quaternary nitrogens is 1. The first kappa shape index (κ1) is 94.8. The van der Waals surface area contributed by atoms with E-state index in [9.17, 15) is 62.6 Å². The summed E-state index contributed by atoms with van der Waals surface area (Å²) in [5.74, 6) is -6.72. The molecule has 0 aliphatic heterocycles. The molecule has 2 aromatic carbocycles. The summed E-state index contributed by atoms with van der Waals surface area (Å²) in [5.41, 5.74) is 7.14. The predicted molar refractivity (Wildman–Crippen MR) is 362 cm³/mol. The van der Waals surface area contributed by atoms with E-state index < -0.39 is 59.7 Å². The van der Waals surface area contributed by atoms with Crippen LogP contribution >= 0.6 is 0 Å². The standard InChI is InChI=1S/2C22H35NO8.C9H12O4.2C7H6O2.C4H11N/c2*1-6-7-10-23(11-8-19(24)28-13-15-30-21(26)17(2)3)12-9-20(25)29-14-16-31-22(27)18(4)5;1-4-8(10)12-5-6-13-9(11)7(2)3;2*8-7(9)6-4-2-1-3-5-6;1-2-3-4-5/h2*2,4,6-16H2,1,3,5H3;4H,1-2,5-6H2,3H3;2*1-5H,(H,8,9);2-5H2,1H3. The molecule has 98 heavy (non-hydrogen) atoms. The van der Waals surface area contributed by atoms with Gasteiger partial charge < -0.3 is 77.9 Å². The van der Waals surface area contributed by atoms with Crippen LogP contribution in [0.25, 0.3) is 0 Å². The van der Waals surface area contributed by atoms with E-state index in [0.717, 1.165) is 56.3 Å². The zero-order valence-electron chi connectivity index (χ0n) is 58.5. The first-order chi connectivity index (χ1) is 46.4. The molecule has 2 rings (SSSR count). The molecule has 0 aromatic heterocycles. The Labute approximate surface area is 576 Å². The fourth-order valence-corrected chi connectivity index (χ4v) is 6.33. The molecule has 0 fully saturated rings. The molecule has 0 atom stereocenters. The normalized spacial score (nSPS) is 9.74. The fourth-order valence-electron chi connectivity index (χ4n) is 6.33. The summed E-state index contributed by atoms with van der Waals surface area (Å²) in [6.07, 6.45) is 8.00. The SMILES string of the molecule is C=C(C)C(=O)OCCOC(=O)CCN(CCCC)CCC(=O)OCCOC(=O)C(=C)C.C=C(C)C(=O)OCCOC(=O)CC[NH+](CCCC)CCC(=O)OCCOC(=O)C(=C)C.C=CC(=O)OCCOC(=O)C(=C)C.CCCCN.O=C(O)c1ccccc1.O=C([O-])c1ccccc1. The molecule has 0 amide bonds. The van der Waals surface area contributed by atoms with Crippen molar-refractivity contribution < 1.29 is 120 Å². The molecule has 0 aliphatic rings. The van der Waals surface area contributed by atoms with Crippen molar-refractivity contribution >= 4 is 71.6 Å². The average Bonchev–Trinajstić information content (AvgIpc) is 2.33. The van der Waals surface area contributed by atoms with Crippen LogP contribution in [0.5, 0.6) is 0 Å². The summed E-state index contributed by atoms with van der Waals surface area (Å²) in [6.45, 7) is 38.6. The maximum absolute atomic E-state index is 11.9. The molecule has 0 saturated carbocycles. The highest BCUT2D eigenvalue weighted by Gasteiger charge is 2.17. The number of nitrogens with one attached hydrogen (secondary N) is 1. The average molecular weight is 1380 g/mol. The Morgan fingerprint density at radius 2 is 0.724 bits per heavy atom. The van der Waals surface area contributed by atoms with E-state index in [-0.39, 0.29) is 132 Å². The maximum Gasteiger partial charge on any atom is 0.335 e. The van der Waals surface area contributed by atoms with E-state index >= 15 is 0 Å². The number of benzene rings is 2. The number of rotatable bonds is 43. The smallest absolute Gasteiger partial charge is 0.335 e. The van der Waals surface area contributed by atoms with Crippen LogP contribution in [-0.2, 0) is 95.3 Å². The lowest BCUT2D eigenvalue weighted by atomic mass is 10.2. The van der Waals surface area contributed by atoms with Crippen LogP contribution in [-0.4, -0.2) is 194 Å². The highest BCUT2D eigenvalue weighted by molar-refractivity contribution is 5.89. The second-order valence-corrected chi connectivity index (χ2v) is 20.9. The van der Waals surface area contributed by atoms with Crippen LogP contribution in [0.3, 0.4) is 0 Å². The molecule has 0 heterocycles. The summed E-state index contributed by atoms with van der Waals surface area (Å²) in [6, 6.07) is 16.4. The molecule has 0 unspecified atom stereocenters. The molecule has 0 spiro atoms. The molecule has 2 aromatic rings. The van der Waals surface area contributed by atoms with Crippen molar-refractivity contribution in [2.45, 2.75) is 120 Å². The Morgan fingerprint density at radius 1 is 0.429 bits per heavy atom. The van der Waals surface area contributed by atoms with E-state index in [0.29, 0.717) is 37.3 Å². The third-order valence-corrected chi connectivity index (χ3v) is 11.7. The Bertz CT molecular complexity index is 2510. The minimum Gasteiger partial charge on any atom is -0.545 e. The molecule has 548 valence electrons. The van der Waals surface area contributed by atoms with Gasteiger partial charge in [0.1, 0.15) is 66.1 Å². The van der Waals surface area contributed by atoms with Gasteiger partial charge in [0.25, 0.3) is 0 Å². The van der Waals surface area contributed by atoms with Crippen molar-refractivity contribution in [3.05, 3.63) is 145 Å². The van der Waals surface area contributed by atoms with E-state index in [1.165, 1.54) is 59.6 Å². The van der Waals surface area contributed by atoms with Crippen LogP contribution < -0.4 is 15.7 Å². The number of carbonyl (C=O) groups excluding carboxylic acids is 11. The topological polar surface area (TPSA) is 374 Å². The zero-order chi connectivity index (χ0) is 75.1. The number of carboxylic acids is 2. The number of aromatic carboxylic acids is 2. The quantitative estimate of drug-likeness (QED) is 0.0297. The molecule has 4 N–H and O–H groups in total. The van der Waals surface area contributed by atoms with Gasteiger partial charge in [-0.05, 0) is 84.7 Å². The van der Waals surface area contributed by atoms with E-state index in [1.54, 1.807) is 48.5 Å². The summed E-state index contributed by atoms with van der Waals surface area (Å²) < 4.78 is 48.8. The van der Waals surface area contributed by atoms with Gasteiger partial charge in [0, 0.05) is 47.0 Å². The third kappa shape index (κ3) is 61.3. The minimum absolute atomic E-state index is 0.00950. The van der Waals surface area contributed by atoms with Crippen LogP contribution in [0.1, 0.15) is 140 Å². The van der Waals surface area contributed by atoms with E-state index in [2.05, 4.69) is 69.7 Å². The number of esters is 10. The maximum atomic E-state index is 11.9. The lowest BCUT2D eigenvalue weighted by Gasteiger charge is -2.21. The Hall–Kier alpha value is -9.60. The lowest BCUT2D eigenvalue weighted by Crippen LogP contribution is -3.12. The summed E-state index contributed by atoms with van der Waals surface area (Å²) in [5, 5.41) is 18.5. The van der Waals surface area contributed by atoms with Gasteiger partial charge in [0.2, 0.25) is 0 Å². The molecule has 0 radical (unpaired) electrons. The first-order valence-electron chi connectivity index (χ1n) is 31.8. The van der Waals surface area contributed by atoms with Crippen LogP contribution in [0.4, 0.5) is 0 Å². The van der Waals surface area contributed by atoms with Gasteiger partial charge in [-0.3, -0.25) is 19.2 Å². The van der Waals surface area contributed by atoms with Gasteiger partial charge in [-0.15, -0.1) is 0 Å². The monoisotopic (exact) mass is 1380 g/mol. The van der Waals surface area contributed by atoms with Crippen molar-refractivity contribution in [3.63, 3.8) is 0 Å². The van der Waals surface area contributed by atoms with Gasteiger partial charge in [0.15, 0.2) is 0 Å². The number of carboxylic acid groups (broad SMARTS) is 2. The molecule has 27 heteroatoms. The van der Waals surface area contributed by atoms with Gasteiger partial charge in [0.05, 0.1) is 56.9 Å². The predicted octanol–water partition coefficient (Wildman–Crippen LogP) is 5.99. The zero-order valence-corrected chi connectivity index (χ0v) is 58.5. The first-order valence-corrected chi connectivity index (χ1v) is 31.8. The lowest BCUT2D eigenvalue weighted by molar-refractivity contribution is -0.899. The number of hydrogen-bond acceptors (Lipinski definition) is 25. The Morgan fingerprint density at radius 3 is 0.969 bits per heavy atom. The molecule has 27 nitrogen and oxygen atoms in total. The van der Waals surface area contributed by atoms with Crippen LogP contribution in [0.2, 0.25) is 0 Å². The third-order valence-electron chi connectivity index (χ3n) is 11.7. The minimum atomic E-state index is -1.13. The van der Waals surface area contributed by atoms with Gasteiger partial charge in [-0.2, -0.15) is 0 Å². The molecule has 0 bridgehead atoms. The highest BCUT2D eigenvalue weighted by Crippen LogP contribution is 2.04. The number of nitrogens with zero attached hydrogens (tertiary/aromatic N) is 1. The van der Waals surface area contributed by atoms with E-state index in [1.807, 2.05) is 4.90 Å². The van der Waals surface area contributed by atoms with Gasteiger partial charge in [-0.25, -0.2) is 33.6 Å². The van der Waals surface area contributed by atoms with Crippen LogP contribution in [0, 0.1) is 0 Å². The Kier molecular flexibility index (Phi) is 61.4. The molecular weight excluding hydrogens is 1280 g/mol. The van der Waals surface area contributed by atoms with E-state index in [4.69, 9.17) is 48.7 Å². The number of unbranched alkanes of at least 4 members (excludes halogenated alkanes) is 3. The van der Waals surface area contributed by atoms with Crippen molar-refractivity contribution in [1.82, 2.24) is 4.90 Å². The van der Waals surface area contributed by atoms with Gasteiger partial charge in [-0.1, -0.05) is 128 Å². The Balaban J connectivity index is -0.000000603. The molecular formula is C71H105N3O24. The number of ether oxygens (including phenoxy) is 10. The second-order valence-electron chi connectivity index (χ2n) is 20.9. The molecule has 0 saturated heterocycles. The number of nitrogens with two attached hydrogens (primary N) is 1. The second kappa shape index (κ2) is 63.5. The largest absolute Gasteiger partial charge is 0.545 e. The summed E-state index contributed by atoms with van der Waals surface area (Å²) in [7, 11) is 0. The summed E-state index contributed by atoms with van der Waals surface area (Å²) >= 11 is 0. The van der Waals surface area contributed by atoms with Gasteiger partial charge >= 0.3 is 65.7 Å². The number of hydrogen-bond donors (Lipinski definition) is 3. The van der Waals surface area contributed by atoms with Crippen molar-refractivity contribution in [2.75, 3.05) is 112 Å². The summed E-state index contributed by atoms with van der Waals surface area (Å²) in [4.78, 5) is 137. The highest BCUT2D eigenvalue weighted by atomic mass is 16.6. The fraction of sp³-hybridized carbons (Fsp3) is 0.493. The van der Waals surface area contributed by atoms with Crippen molar-refractivity contribution in [2.24, 2.45) is 5.73 Å². The van der Waals surface area contributed by atoms with Crippen molar-refractivity contribution in [3.8, 4) is 0 Å². The van der Waals surface area contributed by atoms with Crippen LogP contribution in [0.15, 0.2) is 134 Å². The van der Waals surface area contributed by atoms with Crippen molar-refractivity contribution in [1.29, 1.82) is 0 Å².